The van der Waals surface area contributed by atoms with Gasteiger partial charge in [0, 0.05) is 6.54 Å². The number of rotatable bonds is 9. The molecule has 1 aliphatic rings. The first kappa shape index (κ1) is 16.7. The molecule has 0 aliphatic heterocycles. The van der Waals surface area contributed by atoms with Crippen molar-refractivity contribution in [2.45, 2.75) is 32.6 Å². The summed E-state index contributed by atoms with van der Waals surface area (Å²) in [5, 5.41) is 12.0. The fourth-order valence-corrected chi connectivity index (χ4v) is 2.69. The second kappa shape index (κ2) is 8.74. The number of carboxylic acid groups (broad SMARTS) is 1. The number of carboxylic acids is 1. The molecule has 5 heteroatoms. The standard InChI is InChI=1S/C15H25NO4/c1-3-5-7-20-8-6-16-14(17)12-9-11(4-2)10-13(12)15(18)19/h3,11-13H,1,4-10H2,2H3,(H,16,17)(H,18,19)/t11?,12-,13+/m0/s1. The average molecular weight is 283 g/mol. The maximum atomic E-state index is 12.1. The molecule has 0 radical (unpaired) electrons. The second-order valence-corrected chi connectivity index (χ2v) is 5.28. The zero-order valence-corrected chi connectivity index (χ0v) is 12.1. The van der Waals surface area contributed by atoms with E-state index in [0.717, 1.165) is 12.8 Å². The van der Waals surface area contributed by atoms with E-state index in [0.29, 0.717) is 38.5 Å². The quantitative estimate of drug-likeness (QED) is 0.500. The summed E-state index contributed by atoms with van der Waals surface area (Å²) in [6.45, 7) is 7.10. The Labute approximate surface area is 120 Å². The third-order valence-corrected chi connectivity index (χ3v) is 3.90. The molecule has 1 rings (SSSR count). The third-order valence-electron chi connectivity index (χ3n) is 3.90. The number of nitrogens with one attached hydrogen (secondary N) is 1. The zero-order valence-electron chi connectivity index (χ0n) is 12.1. The molecule has 0 aromatic rings. The molecular weight excluding hydrogens is 258 g/mol. The number of amides is 1. The van der Waals surface area contributed by atoms with Crippen LogP contribution in [-0.4, -0.2) is 36.7 Å². The van der Waals surface area contributed by atoms with E-state index in [-0.39, 0.29) is 5.91 Å². The van der Waals surface area contributed by atoms with Crippen molar-refractivity contribution in [2.24, 2.45) is 17.8 Å². The Morgan fingerprint density at radius 2 is 2.05 bits per heavy atom. The van der Waals surface area contributed by atoms with Crippen LogP contribution in [0.1, 0.15) is 32.6 Å². The van der Waals surface area contributed by atoms with Gasteiger partial charge in [0.1, 0.15) is 0 Å². The van der Waals surface area contributed by atoms with Crippen molar-refractivity contribution < 1.29 is 19.4 Å². The number of ether oxygens (including phenoxy) is 1. The van der Waals surface area contributed by atoms with Gasteiger partial charge in [0.05, 0.1) is 25.0 Å². The van der Waals surface area contributed by atoms with Crippen LogP contribution in [0.15, 0.2) is 12.7 Å². The minimum atomic E-state index is -0.858. The Morgan fingerprint density at radius 3 is 2.65 bits per heavy atom. The first-order valence-corrected chi connectivity index (χ1v) is 7.29. The highest BCUT2D eigenvalue weighted by Gasteiger charge is 2.41. The highest BCUT2D eigenvalue weighted by molar-refractivity contribution is 5.85. The Hall–Kier alpha value is -1.36. The van der Waals surface area contributed by atoms with Crippen molar-refractivity contribution in [1.82, 2.24) is 5.32 Å². The van der Waals surface area contributed by atoms with Crippen molar-refractivity contribution in [2.75, 3.05) is 19.8 Å². The highest BCUT2D eigenvalue weighted by Crippen LogP contribution is 2.38. The highest BCUT2D eigenvalue weighted by atomic mass is 16.5. The monoisotopic (exact) mass is 283 g/mol. The predicted molar refractivity (Wildman–Crippen MR) is 76.3 cm³/mol. The van der Waals surface area contributed by atoms with E-state index in [1.165, 1.54) is 0 Å². The van der Waals surface area contributed by atoms with E-state index < -0.39 is 17.8 Å². The number of carbonyl (C=O) groups excluding carboxylic acids is 1. The van der Waals surface area contributed by atoms with Crippen LogP contribution >= 0.6 is 0 Å². The zero-order chi connectivity index (χ0) is 15.0. The second-order valence-electron chi connectivity index (χ2n) is 5.28. The summed E-state index contributed by atoms with van der Waals surface area (Å²) in [5.74, 6) is -1.60. The normalized spacial score (nSPS) is 25.4. The summed E-state index contributed by atoms with van der Waals surface area (Å²) in [7, 11) is 0. The Morgan fingerprint density at radius 1 is 1.35 bits per heavy atom. The maximum absolute atomic E-state index is 12.1. The van der Waals surface area contributed by atoms with Crippen LogP contribution in [0, 0.1) is 17.8 Å². The molecule has 0 aromatic heterocycles. The summed E-state index contributed by atoms with van der Waals surface area (Å²) < 4.78 is 5.30. The fraction of sp³-hybridized carbons (Fsp3) is 0.733. The smallest absolute Gasteiger partial charge is 0.307 e. The van der Waals surface area contributed by atoms with E-state index in [1.54, 1.807) is 6.08 Å². The molecule has 0 spiro atoms. The molecule has 3 atom stereocenters. The van der Waals surface area contributed by atoms with Gasteiger partial charge in [0.2, 0.25) is 5.91 Å². The lowest BCUT2D eigenvalue weighted by Gasteiger charge is -2.15. The Bertz CT molecular complexity index is 343. The van der Waals surface area contributed by atoms with E-state index >= 15 is 0 Å². The SMILES string of the molecule is C=CCCOCCNC(=O)[C@H]1CC(CC)C[C@H]1C(=O)O. The predicted octanol–water partition coefficient (Wildman–Crippen LogP) is 1.83. The minimum absolute atomic E-state index is 0.152. The van der Waals surface area contributed by atoms with Crippen LogP contribution in [0.5, 0.6) is 0 Å². The average Bonchev–Trinajstić information content (AvgIpc) is 2.87. The van der Waals surface area contributed by atoms with Crippen LogP contribution in [-0.2, 0) is 14.3 Å². The van der Waals surface area contributed by atoms with Crippen LogP contribution in [0.2, 0.25) is 0 Å². The van der Waals surface area contributed by atoms with Crippen LogP contribution in [0.25, 0.3) is 0 Å². The molecule has 0 bridgehead atoms. The van der Waals surface area contributed by atoms with Gasteiger partial charge in [-0.1, -0.05) is 19.4 Å². The first-order valence-electron chi connectivity index (χ1n) is 7.29. The topological polar surface area (TPSA) is 75.6 Å². The molecule has 114 valence electrons. The number of carbonyl (C=O) groups is 2. The molecule has 1 fully saturated rings. The molecule has 1 amide bonds. The summed E-state index contributed by atoms with van der Waals surface area (Å²) in [6, 6.07) is 0. The molecule has 0 aromatic carbocycles. The number of aliphatic carboxylic acids is 1. The van der Waals surface area contributed by atoms with Crippen molar-refractivity contribution in [3.8, 4) is 0 Å². The van der Waals surface area contributed by atoms with Gasteiger partial charge in [0.25, 0.3) is 0 Å². The molecule has 5 nitrogen and oxygen atoms in total. The van der Waals surface area contributed by atoms with Gasteiger partial charge in [-0.25, -0.2) is 0 Å². The van der Waals surface area contributed by atoms with Gasteiger partial charge in [0.15, 0.2) is 0 Å². The molecule has 1 unspecified atom stereocenters. The lowest BCUT2D eigenvalue weighted by atomic mass is 9.95. The molecule has 0 heterocycles. The maximum Gasteiger partial charge on any atom is 0.307 e. The molecule has 1 saturated carbocycles. The molecule has 2 N–H and O–H groups in total. The van der Waals surface area contributed by atoms with Gasteiger partial charge >= 0.3 is 5.97 Å². The largest absolute Gasteiger partial charge is 0.481 e. The number of hydrogen-bond donors (Lipinski definition) is 2. The third kappa shape index (κ3) is 4.96. The van der Waals surface area contributed by atoms with Gasteiger partial charge in [-0.05, 0) is 25.2 Å². The van der Waals surface area contributed by atoms with Crippen molar-refractivity contribution in [1.29, 1.82) is 0 Å². The van der Waals surface area contributed by atoms with E-state index in [4.69, 9.17) is 4.74 Å². The summed E-state index contributed by atoms with van der Waals surface area (Å²) in [4.78, 5) is 23.3. The lowest BCUT2D eigenvalue weighted by molar-refractivity contribution is -0.146. The summed E-state index contributed by atoms with van der Waals surface area (Å²) >= 11 is 0. The summed E-state index contributed by atoms with van der Waals surface area (Å²) in [5.41, 5.74) is 0. The summed E-state index contributed by atoms with van der Waals surface area (Å²) in [6.07, 6.45) is 4.78. The van der Waals surface area contributed by atoms with Gasteiger partial charge in [-0.15, -0.1) is 6.58 Å². The molecule has 1 aliphatic carbocycles. The fourth-order valence-electron chi connectivity index (χ4n) is 2.69. The first-order chi connectivity index (χ1) is 9.60. The molecule has 0 saturated heterocycles. The van der Waals surface area contributed by atoms with Crippen LogP contribution < -0.4 is 5.32 Å². The van der Waals surface area contributed by atoms with Gasteiger partial charge in [-0.3, -0.25) is 9.59 Å². The molecule has 20 heavy (non-hydrogen) atoms. The van der Waals surface area contributed by atoms with Crippen molar-refractivity contribution in [3.63, 3.8) is 0 Å². The minimum Gasteiger partial charge on any atom is -0.481 e. The lowest BCUT2D eigenvalue weighted by Crippen LogP contribution is -2.37. The van der Waals surface area contributed by atoms with Gasteiger partial charge < -0.3 is 15.2 Å². The Kier molecular flexibility index (Phi) is 7.30. The van der Waals surface area contributed by atoms with Crippen LogP contribution in [0.4, 0.5) is 0 Å². The number of hydrogen-bond acceptors (Lipinski definition) is 3. The van der Waals surface area contributed by atoms with Crippen molar-refractivity contribution >= 4 is 11.9 Å². The van der Waals surface area contributed by atoms with E-state index in [2.05, 4.69) is 11.9 Å². The van der Waals surface area contributed by atoms with E-state index in [9.17, 15) is 14.7 Å². The van der Waals surface area contributed by atoms with Crippen LogP contribution in [0.3, 0.4) is 0 Å². The Balaban J connectivity index is 2.33. The van der Waals surface area contributed by atoms with Gasteiger partial charge in [-0.2, -0.15) is 0 Å². The van der Waals surface area contributed by atoms with E-state index in [1.807, 2.05) is 6.92 Å². The van der Waals surface area contributed by atoms with Crippen molar-refractivity contribution in [3.05, 3.63) is 12.7 Å². The molecular formula is C15H25NO4.